The molecule has 1 heterocycles. The van der Waals surface area contributed by atoms with E-state index in [1.165, 1.54) is 48.7 Å². The van der Waals surface area contributed by atoms with Gasteiger partial charge in [0.05, 0.1) is 20.6 Å². The summed E-state index contributed by atoms with van der Waals surface area (Å²) in [7, 11) is 4.84. The van der Waals surface area contributed by atoms with Crippen LogP contribution in [-0.4, -0.2) is 36.3 Å². The van der Waals surface area contributed by atoms with Gasteiger partial charge in [-0.05, 0) is 66.4 Å². The molecule has 20 heavy (non-hydrogen) atoms. The van der Waals surface area contributed by atoms with Gasteiger partial charge in [0, 0.05) is 12.8 Å². The zero-order valence-electron chi connectivity index (χ0n) is 12.7. The summed E-state index contributed by atoms with van der Waals surface area (Å²) >= 11 is 0. The van der Waals surface area contributed by atoms with Crippen LogP contribution in [0.25, 0.3) is 0 Å². The van der Waals surface area contributed by atoms with Gasteiger partial charge >= 0.3 is 0 Å². The Morgan fingerprint density at radius 3 is 2.90 bits per heavy atom. The Morgan fingerprint density at radius 1 is 1.20 bits per heavy atom. The Labute approximate surface area is 122 Å². The zero-order valence-corrected chi connectivity index (χ0v) is 12.7. The van der Waals surface area contributed by atoms with Crippen molar-refractivity contribution in [1.82, 2.24) is 0 Å². The van der Waals surface area contributed by atoms with Gasteiger partial charge in [-0.2, -0.15) is 0 Å². The van der Waals surface area contributed by atoms with Gasteiger partial charge in [-0.25, -0.2) is 0 Å². The van der Waals surface area contributed by atoms with Gasteiger partial charge in [-0.15, -0.1) is 0 Å². The number of fused-ring (bicyclic) bond motifs is 2. The minimum atomic E-state index is 0.495. The number of aliphatic hydroxyl groups is 1. The van der Waals surface area contributed by atoms with Gasteiger partial charge in [0.15, 0.2) is 0 Å². The number of nitrogens with zero attached hydrogens (tertiary/aromatic N) is 1. The van der Waals surface area contributed by atoms with E-state index >= 15 is 0 Å². The molecule has 2 heteroatoms. The fourth-order valence-electron chi connectivity index (χ4n) is 5.14. The molecule has 0 radical (unpaired) electrons. The standard InChI is InChI=1S/C18H25NO/c1-19(2)9-8-12-4-3-5-15-16-11-14(20)7-6-13(16)10-17(19)18(12)15/h7,11-13,17H,3-6,8-10H2,1-2H3/p+1/t12?,13?,17-/m1/s1. The van der Waals surface area contributed by atoms with Crippen molar-refractivity contribution in [3.05, 3.63) is 34.6 Å². The average molecular weight is 272 g/mol. The van der Waals surface area contributed by atoms with Crippen molar-refractivity contribution in [3.8, 4) is 0 Å². The van der Waals surface area contributed by atoms with E-state index in [4.69, 9.17) is 0 Å². The summed E-state index contributed by atoms with van der Waals surface area (Å²) in [5, 5.41) is 9.90. The molecule has 1 aliphatic heterocycles. The molecule has 0 spiro atoms. The number of piperidine rings is 1. The Kier molecular flexibility index (Phi) is 2.69. The van der Waals surface area contributed by atoms with Crippen LogP contribution in [0.15, 0.2) is 34.6 Å². The molecule has 4 aliphatic rings. The number of allylic oxidation sites excluding steroid dienone is 4. The molecule has 0 aromatic rings. The molecule has 1 saturated heterocycles. The van der Waals surface area contributed by atoms with Crippen molar-refractivity contribution in [1.29, 1.82) is 0 Å². The summed E-state index contributed by atoms with van der Waals surface area (Å²) in [4.78, 5) is 0. The maximum atomic E-state index is 9.90. The lowest BCUT2D eigenvalue weighted by Crippen LogP contribution is -2.58. The molecule has 1 N–H and O–H groups in total. The number of aliphatic hydroxyl groups excluding tert-OH is 1. The fourth-order valence-corrected chi connectivity index (χ4v) is 5.14. The predicted octanol–water partition coefficient (Wildman–Crippen LogP) is 3.72. The largest absolute Gasteiger partial charge is 0.508 e. The molecule has 3 atom stereocenters. The summed E-state index contributed by atoms with van der Waals surface area (Å²) < 4.78 is 1.18. The van der Waals surface area contributed by atoms with Gasteiger partial charge < -0.3 is 9.59 Å². The van der Waals surface area contributed by atoms with Crippen LogP contribution in [0.3, 0.4) is 0 Å². The van der Waals surface area contributed by atoms with Crippen LogP contribution in [0, 0.1) is 11.8 Å². The van der Waals surface area contributed by atoms with E-state index in [1.54, 1.807) is 11.1 Å². The highest BCUT2D eigenvalue weighted by molar-refractivity contribution is 5.48. The first-order valence-corrected chi connectivity index (χ1v) is 8.23. The van der Waals surface area contributed by atoms with Crippen molar-refractivity contribution in [2.24, 2.45) is 11.8 Å². The smallest absolute Gasteiger partial charge is 0.112 e. The molecular weight excluding hydrogens is 246 g/mol. The van der Waals surface area contributed by atoms with Crippen LogP contribution < -0.4 is 0 Å². The monoisotopic (exact) mass is 272 g/mol. The zero-order chi connectivity index (χ0) is 13.9. The normalized spacial score (nSPS) is 38.6. The Hall–Kier alpha value is -1.02. The Balaban J connectivity index is 1.86. The molecule has 0 aromatic carbocycles. The molecule has 0 amide bonds. The number of quaternary nitrogens is 1. The topological polar surface area (TPSA) is 20.2 Å². The van der Waals surface area contributed by atoms with Crippen LogP contribution in [0.1, 0.15) is 38.5 Å². The number of rotatable bonds is 0. The van der Waals surface area contributed by atoms with Crippen LogP contribution in [-0.2, 0) is 0 Å². The third-order valence-corrected chi connectivity index (χ3v) is 6.24. The van der Waals surface area contributed by atoms with E-state index in [-0.39, 0.29) is 0 Å². The van der Waals surface area contributed by atoms with E-state index < -0.39 is 0 Å². The maximum absolute atomic E-state index is 9.90. The summed E-state index contributed by atoms with van der Waals surface area (Å²) in [6, 6.07) is 0.736. The van der Waals surface area contributed by atoms with Crippen molar-refractivity contribution in [2.45, 2.75) is 44.6 Å². The Bertz CT molecular complexity index is 538. The maximum Gasteiger partial charge on any atom is 0.112 e. The first-order valence-electron chi connectivity index (χ1n) is 8.23. The molecule has 2 nitrogen and oxygen atoms in total. The van der Waals surface area contributed by atoms with Gasteiger partial charge in [0.25, 0.3) is 0 Å². The first-order chi connectivity index (χ1) is 9.56. The SMILES string of the molecule is C[N+]1(C)CCC2CCCC3=C2[C@H]1CC1CC=C(O)C=C31. The van der Waals surface area contributed by atoms with Crippen LogP contribution in [0.2, 0.25) is 0 Å². The van der Waals surface area contributed by atoms with Crippen molar-refractivity contribution < 1.29 is 9.59 Å². The molecule has 0 bridgehead atoms. The molecule has 1 fully saturated rings. The molecule has 3 aliphatic carbocycles. The van der Waals surface area contributed by atoms with Crippen LogP contribution >= 0.6 is 0 Å². The number of hydrogen-bond donors (Lipinski definition) is 1. The lowest BCUT2D eigenvalue weighted by molar-refractivity contribution is -0.915. The van der Waals surface area contributed by atoms with Gasteiger partial charge in [0.2, 0.25) is 0 Å². The highest BCUT2D eigenvalue weighted by Crippen LogP contribution is 2.51. The third-order valence-electron chi connectivity index (χ3n) is 6.24. The van der Waals surface area contributed by atoms with Crippen LogP contribution in [0.5, 0.6) is 0 Å². The minimum absolute atomic E-state index is 0.495. The molecule has 4 rings (SSSR count). The highest BCUT2D eigenvalue weighted by Gasteiger charge is 2.48. The number of hydrogen-bond acceptors (Lipinski definition) is 1. The second kappa shape index (κ2) is 4.24. The van der Waals surface area contributed by atoms with E-state index in [2.05, 4.69) is 20.2 Å². The van der Waals surface area contributed by atoms with Gasteiger partial charge in [0.1, 0.15) is 11.8 Å². The second-order valence-corrected chi connectivity index (χ2v) is 7.73. The summed E-state index contributed by atoms with van der Waals surface area (Å²) in [5.41, 5.74) is 4.92. The highest BCUT2D eigenvalue weighted by atomic mass is 16.3. The quantitative estimate of drug-likeness (QED) is 0.666. The fraction of sp³-hybridized carbons (Fsp3) is 0.667. The Morgan fingerprint density at radius 2 is 2.05 bits per heavy atom. The second-order valence-electron chi connectivity index (χ2n) is 7.73. The number of likely N-dealkylation sites (tertiary alicyclic amines) is 1. The first kappa shape index (κ1) is 12.7. The van der Waals surface area contributed by atoms with E-state index in [0.29, 0.717) is 11.7 Å². The van der Waals surface area contributed by atoms with E-state index in [0.717, 1.165) is 18.4 Å². The molecule has 2 unspecified atom stereocenters. The van der Waals surface area contributed by atoms with Crippen molar-refractivity contribution in [3.63, 3.8) is 0 Å². The third kappa shape index (κ3) is 1.74. The molecule has 0 aromatic heterocycles. The lowest BCUT2D eigenvalue weighted by atomic mass is 9.63. The minimum Gasteiger partial charge on any atom is -0.508 e. The lowest BCUT2D eigenvalue weighted by Gasteiger charge is -2.52. The van der Waals surface area contributed by atoms with Crippen molar-refractivity contribution in [2.75, 3.05) is 20.6 Å². The number of likely N-dealkylation sites (N-methyl/N-ethyl adjacent to an activating group) is 1. The summed E-state index contributed by atoms with van der Waals surface area (Å²) in [6.45, 7) is 1.33. The molecule has 108 valence electrons. The summed E-state index contributed by atoms with van der Waals surface area (Å²) in [6.07, 6.45) is 11.8. The van der Waals surface area contributed by atoms with Crippen LogP contribution in [0.4, 0.5) is 0 Å². The van der Waals surface area contributed by atoms with Gasteiger partial charge in [-0.3, -0.25) is 0 Å². The average Bonchev–Trinajstić information content (AvgIpc) is 2.43. The molecule has 0 saturated carbocycles. The van der Waals surface area contributed by atoms with Crippen molar-refractivity contribution >= 4 is 0 Å². The summed E-state index contributed by atoms with van der Waals surface area (Å²) in [5.74, 6) is 1.99. The molecular formula is C18H26NO+. The van der Waals surface area contributed by atoms with E-state index in [9.17, 15) is 5.11 Å². The van der Waals surface area contributed by atoms with E-state index in [1.807, 2.05) is 6.08 Å². The predicted molar refractivity (Wildman–Crippen MR) is 81.3 cm³/mol. The van der Waals surface area contributed by atoms with Gasteiger partial charge in [-0.1, -0.05) is 0 Å².